The molecule has 1 unspecified atom stereocenters. The fourth-order valence-corrected chi connectivity index (χ4v) is 3.10. The minimum Gasteiger partial charge on any atom is -0.496 e. The third-order valence-corrected chi connectivity index (χ3v) is 5.16. The van der Waals surface area contributed by atoms with Gasteiger partial charge in [0.15, 0.2) is 5.60 Å². The molecule has 0 bridgehead atoms. The molecule has 33 heavy (non-hydrogen) atoms. The number of hydrogen-bond donors (Lipinski definition) is 1. The minimum atomic E-state index is -5.03. The lowest BCUT2D eigenvalue weighted by molar-refractivity contribution is -0.264. The number of aryl methyl sites for hydroxylation is 1. The lowest BCUT2D eigenvalue weighted by atomic mass is 9.84. The summed E-state index contributed by atoms with van der Waals surface area (Å²) in [6.45, 7) is 6.13. The molecule has 2 aromatic rings. The van der Waals surface area contributed by atoms with E-state index in [0.717, 1.165) is 0 Å². The minimum absolute atomic E-state index is 0.0383. The number of methoxy groups -OCH3 is 1. The Morgan fingerprint density at radius 1 is 1.15 bits per heavy atom. The van der Waals surface area contributed by atoms with Crippen molar-refractivity contribution in [1.82, 2.24) is 4.90 Å². The number of hydrogen-bond acceptors (Lipinski definition) is 5. The normalized spacial score (nSPS) is 14.3. The number of oxime groups is 1. The predicted octanol–water partition coefficient (Wildman–Crippen LogP) is 5.20. The molecule has 180 valence electrons. The molecule has 6 nitrogen and oxygen atoms in total. The molecule has 0 aliphatic heterocycles. The first-order valence-electron chi connectivity index (χ1n) is 10.5. The topological polar surface area (TPSA) is 66.7 Å². The van der Waals surface area contributed by atoms with Gasteiger partial charge in [-0.2, -0.15) is 13.2 Å². The lowest BCUT2D eigenvalue weighted by Gasteiger charge is -2.33. The molecule has 0 saturated heterocycles. The molecular weight excluding hydrogens is 435 g/mol. The highest BCUT2D eigenvalue weighted by Gasteiger charge is 2.57. The van der Waals surface area contributed by atoms with Crippen LogP contribution in [0.1, 0.15) is 37.0 Å². The second kappa shape index (κ2) is 11.2. The van der Waals surface area contributed by atoms with Gasteiger partial charge in [0.2, 0.25) is 0 Å². The fraction of sp³-hybridized carbons (Fsp3) is 0.417. The van der Waals surface area contributed by atoms with E-state index in [1.54, 1.807) is 50.5 Å². The molecule has 2 aromatic carbocycles. The van der Waals surface area contributed by atoms with Gasteiger partial charge in [0.1, 0.15) is 12.4 Å². The molecule has 1 atom stereocenters. The summed E-state index contributed by atoms with van der Waals surface area (Å²) in [7, 11) is 3.08. The molecule has 2 rings (SSSR count). The molecule has 0 amide bonds. The van der Waals surface area contributed by atoms with Gasteiger partial charge in [0.05, 0.1) is 24.8 Å². The van der Waals surface area contributed by atoms with Crippen molar-refractivity contribution in [3.05, 3.63) is 59.2 Å². The van der Waals surface area contributed by atoms with E-state index in [4.69, 9.17) is 9.57 Å². The lowest BCUT2D eigenvalue weighted by Crippen LogP contribution is -2.44. The third kappa shape index (κ3) is 6.25. The van der Waals surface area contributed by atoms with Crippen LogP contribution in [-0.4, -0.2) is 55.5 Å². The maximum absolute atomic E-state index is 14.4. The SMILES string of the molecule is CCO/N=C(\CC(O)(c1cc(C)c(N=CN(C)CC)cc1OC)C(F)(F)F)c1ccccc1. The largest absolute Gasteiger partial charge is 0.496 e. The van der Waals surface area contributed by atoms with Crippen LogP contribution in [0, 0.1) is 6.92 Å². The van der Waals surface area contributed by atoms with Crippen LogP contribution in [-0.2, 0) is 10.4 Å². The average molecular weight is 466 g/mol. The quantitative estimate of drug-likeness (QED) is 0.298. The Bertz CT molecular complexity index is 978. The molecule has 0 aliphatic carbocycles. The number of halogens is 3. The van der Waals surface area contributed by atoms with Gasteiger partial charge in [-0.3, -0.25) is 0 Å². The molecule has 0 fully saturated rings. The fourth-order valence-electron chi connectivity index (χ4n) is 3.10. The Hall–Kier alpha value is -3.07. The Labute approximate surface area is 192 Å². The molecule has 0 heterocycles. The van der Waals surface area contributed by atoms with Crippen LogP contribution in [0.25, 0.3) is 0 Å². The molecule has 1 N–H and O–H groups in total. The Balaban J connectivity index is 2.63. The van der Waals surface area contributed by atoms with Gasteiger partial charge in [0.25, 0.3) is 0 Å². The molecule has 9 heteroatoms. The van der Waals surface area contributed by atoms with E-state index >= 15 is 0 Å². The monoisotopic (exact) mass is 465 g/mol. The van der Waals surface area contributed by atoms with Crippen molar-refractivity contribution in [3.8, 4) is 5.75 Å². The van der Waals surface area contributed by atoms with Gasteiger partial charge in [0, 0.05) is 31.6 Å². The van der Waals surface area contributed by atoms with E-state index in [1.165, 1.54) is 19.2 Å². The van der Waals surface area contributed by atoms with Crippen LogP contribution in [0.15, 0.2) is 52.6 Å². The van der Waals surface area contributed by atoms with E-state index in [2.05, 4.69) is 10.1 Å². The molecule has 0 saturated carbocycles. The van der Waals surface area contributed by atoms with Gasteiger partial charge in [-0.15, -0.1) is 0 Å². The number of aliphatic hydroxyl groups is 1. The average Bonchev–Trinajstić information content (AvgIpc) is 2.80. The number of benzene rings is 2. The zero-order chi connectivity index (χ0) is 24.6. The third-order valence-electron chi connectivity index (χ3n) is 5.16. The van der Waals surface area contributed by atoms with E-state index in [9.17, 15) is 18.3 Å². The Morgan fingerprint density at radius 2 is 1.82 bits per heavy atom. The summed E-state index contributed by atoms with van der Waals surface area (Å²) in [6.07, 6.45) is -4.31. The van der Waals surface area contributed by atoms with Gasteiger partial charge < -0.3 is 19.6 Å². The maximum Gasteiger partial charge on any atom is 0.421 e. The summed E-state index contributed by atoms with van der Waals surface area (Å²) in [5, 5.41) is 15.0. The highest BCUT2D eigenvalue weighted by molar-refractivity contribution is 6.01. The van der Waals surface area contributed by atoms with E-state index < -0.39 is 23.8 Å². The summed E-state index contributed by atoms with van der Waals surface area (Å²) in [4.78, 5) is 11.2. The van der Waals surface area contributed by atoms with Gasteiger partial charge in [-0.25, -0.2) is 4.99 Å². The summed E-state index contributed by atoms with van der Waals surface area (Å²) in [5.41, 5.74) is -2.43. The molecule has 0 spiro atoms. The Kier molecular flexibility index (Phi) is 8.87. The number of aliphatic imine (C=N–C) groups is 1. The van der Waals surface area contributed by atoms with Crippen molar-refractivity contribution in [1.29, 1.82) is 0 Å². The molecule has 0 aliphatic rings. The molecule has 0 aromatic heterocycles. The first-order chi connectivity index (χ1) is 15.6. The number of rotatable bonds is 10. The molecular formula is C24H30F3N3O3. The van der Waals surface area contributed by atoms with E-state index in [-0.39, 0.29) is 18.1 Å². The highest BCUT2D eigenvalue weighted by atomic mass is 19.4. The van der Waals surface area contributed by atoms with Crippen LogP contribution in [0.4, 0.5) is 18.9 Å². The predicted molar refractivity (Wildman–Crippen MR) is 123 cm³/mol. The second-order valence-corrected chi connectivity index (χ2v) is 7.51. The van der Waals surface area contributed by atoms with Crippen LogP contribution >= 0.6 is 0 Å². The van der Waals surface area contributed by atoms with Crippen molar-refractivity contribution >= 4 is 17.7 Å². The van der Waals surface area contributed by atoms with Crippen molar-refractivity contribution in [2.45, 2.75) is 39.0 Å². The van der Waals surface area contributed by atoms with Gasteiger partial charge in [-0.1, -0.05) is 35.5 Å². The Morgan fingerprint density at radius 3 is 2.36 bits per heavy atom. The van der Waals surface area contributed by atoms with Crippen molar-refractivity contribution in [2.75, 3.05) is 27.3 Å². The van der Waals surface area contributed by atoms with Crippen LogP contribution in [0.3, 0.4) is 0 Å². The second-order valence-electron chi connectivity index (χ2n) is 7.51. The highest BCUT2D eigenvalue weighted by Crippen LogP contribution is 2.47. The van der Waals surface area contributed by atoms with E-state index in [0.29, 0.717) is 23.4 Å². The number of alkyl halides is 3. The summed E-state index contributed by atoms with van der Waals surface area (Å²) in [6, 6.07) is 11.0. The smallest absolute Gasteiger partial charge is 0.421 e. The first-order valence-corrected chi connectivity index (χ1v) is 10.5. The summed E-state index contributed by atoms with van der Waals surface area (Å²) in [5.74, 6) is -0.129. The summed E-state index contributed by atoms with van der Waals surface area (Å²) < 4.78 is 48.5. The maximum atomic E-state index is 14.4. The zero-order valence-corrected chi connectivity index (χ0v) is 19.5. The standard InChI is InChI=1S/C24H30F3N3O3/c1-6-30(4)16-28-20-14-22(32-5)19(13-17(20)3)23(31,24(25,26)27)15-21(29-33-7-2)18-11-9-8-10-12-18/h8-14,16,31H,6-7,15H2,1-5H3/b28-16?,29-21+. The van der Waals surface area contributed by atoms with Crippen LogP contribution in [0.5, 0.6) is 5.75 Å². The van der Waals surface area contributed by atoms with Crippen molar-refractivity contribution < 1.29 is 27.9 Å². The summed E-state index contributed by atoms with van der Waals surface area (Å²) >= 11 is 0. The molecule has 0 radical (unpaired) electrons. The van der Waals surface area contributed by atoms with Crippen LogP contribution in [0.2, 0.25) is 0 Å². The first kappa shape index (κ1) is 26.2. The van der Waals surface area contributed by atoms with Gasteiger partial charge >= 0.3 is 6.18 Å². The number of nitrogens with zero attached hydrogens (tertiary/aromatic N) is 3. The van der Waals surface area contributed by atoms with Crippen molar-refractivity contribution in [2.24, 2.45) is 10.1 Å². The van der Waals surface area contributed by atoms with E-state index in [1.807, 2.05) is 18.9 Å². The van der Waals surface area contributed by atoms with Gasteiger partial charge in [-0.05, 0) is 38.0 Å². The van der Waals surface area contributed by atoms with Crippen molar-refractivity contribution in [3.63, 3.8) is 0 Å². The van der Waals surface area contributed by atoms with Crippen LogP contribution < -0.4 is 4.74 Å². The zero-order valence-electron chi connectivity index (χ0n) is 19.5. The number of ether oxygens (including phenoxy) is 1.